The highest BCUT2D eigenvalue weighted by Crippen LogP contribution is 2.49. The molecule has 1 N–H and O–H groups in total. The van der Waals surface area contributed by atoms with Gasteiger partial charge in [0.05, 0.1) is 6.42 Å². The Morgan fingerprint density at radius 3 is 2.50 bits per heavy atom. The molecule has 4 nitrogen and oxygen atoms in total. The van der Waals surface area contributed by atoms with Crippen molar-refractivity contribution in [3.63, 3.8) is 0 Å². The maximum atomic E-state index is 12.5. The van der Waals surface area contributed by atoms with Crippen LogP contribution in [0.2, 0.25) is 0 Å². The quantitative estimate of drug-likeness (QED) is 0.898. The van der Waals surface area contributed by atoms with E-state index in [1.54, 1.807) is 11.3 Å². The largest absolute Gasteiger partial charge is 0.349 e. The summed E-state index contributed by atoms with van der Waals surface area (Å²) in [6, 6.07) is 12.1. The van der Waals surface area contributed by atoms with Crippen LogP contribution in [0.3, 0.4) is 0 Å². The van der Waals surface area contributed by atoms with Crippen LogP contribution in [-0.2, 0) is 11.2 Å². The molecular formula is C21H24N2O2S. The number of hydrogen-bond acceptors (Lipinski definition) is 3. The smallest absolute Gasteiger partial charge is 0.252 e. The molecule has 0 atom stereocenters. The zero-order valence-corrected chi connectivity index (χ0v) is 15.6. The predicted molar refractivity (Wildman–Crippen MR) is 103 cm³/mol. The maximum absolute atomic E-state index is 12.5. The molecule has 0 bridgehead atoms. The van der Waals surface area contributed by atoms with E-state index in [1.807, 2.05) is 52.1 Å². The monoisotopic (exact) mass is 368 g/mol. The lowest BCUT2D eigenvalue weighted by Gasteiger charge is -2.52. The average molecular weight is 369 g/mol. The van der Waals surface area contributed by atoms with Crippen LogP contribution in [0.5, 0.6) is 0 Å². The van der Waals surface area contributed by atoms with Gasteiger partial charge in [0.1, 0.15) is 0 Å². The number of hydrogen-bond donors (Lipinski definition) is 1. The average Bonchev–Trinajstić information content (AvgIpc) is 3.16. The Kier molecular flexibility index (Phi) is 4.81. The first-order valence-corrected chi connectivity index (χ1v) is 10.2. The third-order valence-electron chi connectivity index (χ3n) is 5.85. The minimum Gasteiger partial charge on any atom is -0.349 e. The molecule has 26 heavy (non-hydrogen) atoms. The summed E-state index contributed by atoms with van der Waals surface area (Å²) in [6.45, 7) is 1.69. The van der Waals surface area contributed by atoms with Gasteiger partial charge < -0.3 is 10.2 Å². The zero-order chi connectivity index (χ0) is 18.0. The van der Waals surface area contributed by atoms with Gasteiger partial charge in [0.25, 0.3) is 5.91 Å². The Bertz CT molecular complexity index is 757. The summed E-state index contributed by atoms with van der Waals surface area (Å²) in [5, 5.41) is 6.96. The molecule has 2 aromatic rings. The fourth-order valence-corrected chi connectivity index (χ4v) is 4.91. The number of thiophene rings is 1. The number of nitrogens with one attached hydrogen (secondary N) is 1. The van der Waals surface area contributed by atoms with Gasteiger partial charge in [0.2, 0.25) is 5.91 Å². The number of likely N-dealkylation sites (tertiary alicyclic amines) is 1. The Morgan fingerprint density at radius 2 is 1.85 bits per heavy atom. The number of rotatable bonds is 4. The van der Waals surface area contributed by atoms with Crippen LogP contribution in [0.15, 0.2) is 47.2 Å². The van der Waals surface area contributed by atoms with E-state index in [1.165, 1.54) is 0 Å². The molecule has 1 aliphatic heterocycles. The van der Waals surface area contributed by atoms with E-state index < -0.39 is 0 Å². The van der Waals surface area contributed by atoms with E-state index in [0.717, 1.165) is 49.9 Å². The fraction of sp³-hybridized carbons (Fsp3) is 0.429. The molecule has 4 rings (SSSR count). The molecule has 1 aromatic carbocycles. The molecule has 5 heteroatoms. The Balaban J connectivity index is 1.23. The molecular weight excluding hydrogens is 344 g/mol. The second kappa shape index (κ2) is 7.23. The second-order valence-corrected chi connectivity index (χ2v) is 8.41. The highest BCUT2D eigenvalue weighted by Gasteiger charge is 2.46. The maximum Gasteiger partial charge on any atom is 0.252 e. The minimum absolute atomic E-state index is 0.0431. The van der Waals surface area contributed by atoms with Crippen LogP contribution < -0.4 is 5.32 Å². The summed E-state index contributed by atoms with van der Waals surface area (Å²) in [4.78, 5) is 26.6. The predicted octanol–water partition coefficient (Wildman–Crippen LogP) is 3.49. The van der Waals surface area contributed by atoms with Gasteiger partial charge in [-0.3, -0.25) is 9.59 Å². The van der Waals surface area contributed by atoms with E-state index >= 15 is 0 Å². The molecule has 1 aromatic heterocycles. The number of carbonyl (C=O) groups is 2. The van der Waals surface area contributed by atoms with Gasteiger partial charge in [-0.2, -0.15) is 11.3 Å². The summed E-state index contributed by atoms with van der Waals surface area (Å²) < 4.78 is 0. The van der Waals surface area contributed by atoms with Crippen molar-refractivity contribution >= 4 is 23.2 Å². The highest BCUT2D eigenvalue weighted by molar-refractivity contribution is 7.08. The van der Waals surface area contributed by atoms with Gasteiger partial charge >= 0.3 is 0 Å². The van der Waals surface area contributed by atoms with Crippen molar-refractivity contribution in [2.75, 3.05) is 13.1 Å². The van der Waals surface area contributed by atoms with Gasteiger partial charge in [-0.25, -0.2) is 0 Å². The van der Waals surface area contributed by atoms with Crippen molar-refractivity contribution in [2.45, 2.75) is 38.1 Å². The van der Waals surface area contributed by atoms with Crippen molar-refractivity contribution < 1.29 is 9.59 Å². The van der Waals surface area contributed by atoms with Crippen LogP contribution in [0.25, 0.3) is 0 Å². The van der Waals surface area contributed by atoms with Crippen LogP contribution in [0.4, 0.5) is 0 Å². The summed E-state index contributed by atoms with van der Waals surface area (Å²) in [7, 11) is 0. The number of nitrogens with zero attached hydrogens (tertiary/aromatic N) is 1. The molecule has 1 saturated carbocycles. The molecule has 1 saturated heterocycles. The Morgan fingerprint density at radius 1 is 1.12 bits per heavy atom. The molecule has 0 unspecified atom stereocenters. The first-order valence-electron chi connectivity index (χ1n) is 9.28. The minimum atomic E-state index is 0.0431. The molecule has 1 spiro atoms. The van der Waals surface area contributed by atoms with E-state index in [2.05, 4.69) is 5.32 Å². The van der Waals surface area contributed by atoms with Crippen molar-refractivity contribution in [2.24, 2.45) is 5.41 Å². The second-order valence-electron chi connectivity index (χ2n) is 7.63. The summed E-state index contributed by atoms with van der Waals surface area (Å²) in [5.41, 5.74) is 2.17. The molecule has 0 radical (unpaired) electrons. The van der Waals surface area contributed by atoms with Crippen molar-refractivity contribution in [3.8, 4) is 0 Å². The standard InChI is InChI=1S/C21H24N2O2S/c24-19(12-16-4-2-1-3-5-16)23-9-7-21(8-10-23)13-18(14-21)22-20(25)17-6-11-26-15-17/h1-6,11,15,18H,7-10,12-14H2,(H,22,25). The molecule has 1 aliphatic carbocycles. The van der Waals surface area contributed by atoms with Gasteiger partial charge in [-0.15, -0.1) is 0 Å². The fourth-order valence-electron chi connectivity index (χ4n) is 4.27. The molecule has 2 fully saturated rings. The SMILES string of the molecule is O=C(NC1CC2(CCN(C(=O)Cc3ccccc3)CC2)C1)c1ccsc1. The number of carbonyl (C=O) groups excluding carboxylic acids is 2. The van der Waals surface area contributed by atoms with Gasteiger partial charge in [0.15, 0.2) is 0 Å². The van der Waals surface area contributed by atoms with Crippen LogP contribution >= 0.6 is 11.3 Å². The summed E-state index contributed by atoms with van der Waals surface area (Å²) in [5.74, 6) is 0.272. The van der Waals surface area contributed by atoms with Crippen LogP contribution in [0, 0.1) is 5.41 Å². The highest BCUT2D eigenvalue weighted by atomic mass is 32.1. The van der Waals surface area contributed by atoms with E-state index in [-0.39, 0.29) is 17.9 Å². The van der Waals surface area contributed by atoms with E-state index in [9.17, 15) is 9.59 Å². The first kappa shape index (κ1) is 17.3. The molecule has 136 valence electrons. The third-order valence-corrected chi connectivity index (χ3v) is 6.54. The number of benzene rings is 1. The van der Waals surface area contributed by atoms with Crippen LogP contribution in [-0.4, -0.2) is 35.8 Å². The zero-order valence-electron chi connectivity index (χ0n) is 14.8. The third kappa shape index (κ3) is 3.68. The van der Waals surface area contributed by atoms with Gasteiger partial charge in [-0.05, 0) is 48.1 Å². The number of piperidine rings is 1. The van der Waals surface area contributed by atoms with Crippen molar-refractivity contribution in [1.82, 2.24) is 10.2 Å². The first-order chi connectivity index (χ1) is 12.6. The summed E-state index contributed by atoms with van der Waals surface area (Å²) >= 11 is 1.55. The van der Waals surface area contributed by atoms with E-state index in [4.69, 9.17) is 0 Å². The van der Waals surface area contributed by atoms with E-state index in [0.29, 0.717) is 11.8 Å². The van der Waals surface area contributed by atoms with Gasteiger partial charge in [0, 0.05) is 30.1 Å². The normalized spacial score (nSPS) is 19.2. The molecule has 2 aliphatic rings. The topological polar surface area (TPSA) is 49.4 Å². The van der Waals surface area contributed by atoms with Crippen molar-refractivity contribution in [3.05, 3.63) is 58.3 Å². The van der Waals surface area contributed by atoms with Crippen LogP contribution in [0.1, 0.15) is 41.6 Å². The molecule has 2 heterocycles. The van der Waals surface area contributed by atoms with Gasteiger partial charge in [-0.1, -0.05) is 30.3 Å². The number of amides is 2. The lowest BCUT2D eigenvalue weighted by atomic mass is 9.60. The Hall–Kier alpha value is -2.14. The van der Waals surface area contributed by atoms with Crippen molar-refractivity contribution in [1.29, 1.82) is 0 Å². The Labute approximate surface area is 158 Å². The summed E-state index contributed by atoms with van der Waals surface area (Å²) in [6.07, 6.45) is 4.69. The lowest BCUT2D eigenvalue weighted by molar-refractivity contribution is -0.134. The lowest BCUT2D eigenvalue weighted by Crippen LogP contribution is -2.55. The molecule has 2 amide bonds.